The number of furan rings is 1. The summed E-state index contributed by atoms with van der Waals surface area (Å²) >= 11 is 0. The number of hydrogen-bond acceptors (Lipinski definition) is 2. The van der Waals surface area contributed by atoms with E-state index in [1.54, 1.807) is 0 Å². The first kappa shape index (κ1) is 34.9. The van der Waals surface area contributed by atoms with Gasteiger partial charge in [0, 0.05) is 49.9 Å². The first-order valence-corrected chi connectivity index (χ1v) is 20.8. The third-order valence-corrected chi connectivity index (χ3v) is 12.2. The monoisotopic (exact) mass is 778 g/mol. The fourth-order valence-corrected chi connectivity index (χ4v) is 9.19. The number of benzene rings is 10. The van der Waals surface area contributed by atoms with E-state index < -0.39 is 0 Å². The molecule has 3 nitrogen and oxygen atoms in total. The summed E-state index contributed by atoms with van der Waals surface area (Å²) in [7, 11) is 0. The van der Waals surface area contributed by atoms with Crippen LogP contribution in [0.25, 0.3) is 93.6 Å². The minimum atomic E-state index is 0.905. The molecule has 12 rings (SSSR count). The minimum Gasteiger partial charge on any atom is -0.455 e. The molecule has 0 atom stereocenters. The summed E-state index contributed by atoms with van der Waals surface area (Å²) in [4.78, 5) is 2.34. The van der Waals surface area contributed by atoms with E-state index in [1.807, 2.05) is 12.1 Å². The van der Waals surface area contributed by atoms with Crippen LogP contribution in [-0.4, -0.2) is 4.57 Å². The predicted molar refractivity (Wildman–Crippen MR) is 257 cm³/mol. The lowest BCUT2D eigenvalue weighted by molar-refractivity contribution is 0.670. The SMILES string of the molecule is c1ccc(-n2c3ccccc3c3cc(-c4ccc(N(c5ccc(-c6ccc7ccccc7c6)cc5)c5ccc(-c6cccc7c6oc6ccccc67)cc5)cc4)ccc32)cc1. The van der Waals surface area contributed by atoms with Crippen molar-refractivity contribution >= 4 is 71.6 Å². The van der Waals surface area contributed by atoms with Gasteiger partial charge in [-0.3, -0.25) is 0 Å². The maximum Gasteiger partial charge on any atom is 0.143 e. The zero-order chi connectivity index (χ0) is 40.3. The molecule has 61 heavy (non-hydrogen) atoms. The standard InChI is InChI=1S/C58H38N2O/c1-2-13-46(14-3-1)60-55-19-8-6-15-51(55)54-38-45(29-36-56(54)60)41-25-32-48(33-26-41)59(47-30-23-40(24-31-47)44-22-21-39-11-4-5-12-43(39)37-44)49-34-27-42(28-35-49)50-17-10-18-53-52-16-7-9-20-57(52)61-58(50)53/h1-38H. The molecule has 0 aliphatic heterocycles. The van der Waals surface area contributed by atoms with Gasteiger partial charge in [0.15, 0.2) is 0 Å². The third-order valence-electron chi connectivity index (χ3n) is 12.2. The molecule has 2 aromatic heterocycles. The summed E-state index contributed by atoms with van der Waals surface area (Å²) in [6, 6.07) is 82.9. The van der Waals surface area contributed by atoms with Crippen molar-refractivity contribution in [2.45, 2.75) is 0 Å². The van der Waals surface area contributed by atoms with Crippen molar-refractivity contribution in [3.05, 3.63) is 231 Å². The molecule has 2 heterocycles. The Morgan fingerprint density at radius 2 is 0.869 bits per heavy atom. The summed E-state index contributed by atoms with van der Waals surface area (Å²) in [6.07, 6.45) is 0. The zero-order valence-electron chi connectivity index (χ0n) is 33.2. The van der Waals surface area contributed by atoms with Crippen LogP contribution in [0.1, 0.15) is 0 Å². The Morgan fingerprint density at radius 1 is 0.328 bits per heavy atom. The first-order valence-electron chi connectivity index (χ1n) is 20.8. The van der Waals surface area contributed by atoms with Crippen molar-refractivity contribution in [1.82, 2.24) is 4.57 Å². The second-order valence-electron chi connectivity index (χ2n) is 15.7. The van der Waals surface area contributed by atoms with Gasteiger partial charge in [0.05, 0.1) is 11.0 Å². The molecule has 0 radical (unpaired) electrons. The lowest BCUT2D eigenvalue weighted by atomic mass is 10.00. The van der Waals surface area contributed by atoms with E-state index in [1.165, 1.54) is 54.8 Å². The van der Waals surface area contributed by atoms with Crippen LogP contribution in [0.3, 0.4) is 0 Å². The van der Waals surface area contributed by atoms with Crippen molar-refractivity contribution in [3.63, 3.8) is 0 Å². The molecular weight excluding hydrogens is 741 g/mol. The highest BCUT2D eigenvalue weighted by Gasteiger charge is 2.17. The summed E-state index contributed by atoms with van der Waals surface area (Å²) in [5, 5.41) is 7.25. The average Bonchev–Trinajstić information content (AvgIpc) is 3.88. The molecule has 0 fully saturated rings. The van der Waals surface area contributed by atoms with E-state index in [9.17, 15) is 0 Å². The number of hydrogen-bond donors (Lipinski definition) is 0. The summed E-state index contributed by atoms with van der Waals surface area (Å²) in [6.45, 7) is 0. The quantitative estimate of drug-likeness (QED) is 0.161. The summed E-state index contributed by atoms with van der Waals surface area (Å²) < 4.78 is 8.79. The van der Waals surface area contributed by atoms with Crippen LogP contribution >= 0.6 is 0 Å². The first-order chi connectivity index (χ1) is 30.2. The van der Waals surface area contributed by atoms with Crippen molar-refractivity contribution in [2.75, 3.05) is 4.90 Å². The van der Waals surface area contributed by atoms with Gasteiger partial charge in [-0.25, -0.2) is 0 Å². The largest absolute Gasteiger partial charge is 0.455 e. The molecule has 0 saturated carbocycles. The average molecular weight is 779 g/mol. The van der Waals surface area contributed by atoms with Gasteiger partial charge in [-0.05, 0) is 117 Å². The van der Waals surface area contributed by atoms with Crippen LogP contribution in [0.5, 0.6) is 0 Å². The zero-order valence-corrected chi connectivity index (χ0v) is 33.2. The molecule has 0 unspecified atom stereocenters. The molecule has 0 spiro atoms. The van der Waals surface area contributed by atoms with Crippen molar-refractivity contribution < 1.29 is 4.42 Å². The Labute approximate surface area is 353 Å². The summed E-state index contributed by atoms with van der Waals surface area (Å²) in [5.41, 5.74) is 15.6. The highest BCUT2D eigenvalue weighted by Crippen LogP contribution is 2.41. The van der Waals surface area contributed by atoms with Gasteiger partial charge < -0.3 is 13.9 Å². The van der Waals surface area contributed by atoms with Crippen molar-refractivity contribution in [3.8, 4) is 39.1 Å². The van der Waals surface area contributed by atoms with E-state index in [-0.39, 0.29) is 0 Å². The number of fused-ring (bicyclic) bond motifs is 7. The smallest absolute Gasteiger partial charge is 0.143 e. The van der Waals surface area contributed by atoms with Crippen LogP contribution in [-0.2, 0) is 0 Å². The van der Waals surface area contributed by atoms with Crippen LogP contribution < -0.4 is 4.90 Å². The predicted octanol–water partition coefficient (Wildman–Crippen LogP) is 16.3. The van der Waals surface area contributed by atoms with E-state index >= 15 is 0 Å². The molecule has 286 valence electrons. The van der Waals surface area contributed by atoms with Crippen LogP contribution in [0.4, 0.5) is 17.1 Å². The number of para-hydroxylation sites is 4. The van der Waals surface area contributed by atoms with Gasteiger partial charge in [-0.2, -0.15) is 0 Å². The maximum absolute atomic E-state index is 6.43. The molecule has 0 saturated heterocycles. The van der Waals surface area contributed by atoms with Crippen LogP contribution in [0, 0.1) is 0 Å². The van der Waals surface area contributed by atoms with E-state index in [4.69, 9.17) is 4.42 Å². The van der Waals surface area contributed by atoms with Gasteiger partial charge in [0.2, 0.25) is 0 Å². The highest BCUT2D eigenvalue weighted by atomic mass is 16.3. The van der Waals surface area contributed by atoms with E-state index in [0.717, 1.165) is 55.8 Å². The Balaban J connectivity index is 0.933. The number of rotatable bonds is 7. The minimum absolute atomic E-state index is 0.905. The van der Waals surface area contributed by atoms with Crippen molar-refractivity contribution in [2.24, 2.45) is 0 Å². The second-order valence-corrected chi connectivity index (χ2v) is 15.7. The number of nitrogens with zero attached hydrogens (tertiary/aromatic N) is 2. The maximum atomic E-state index is 6.43. The molecular formula is C58H38N2O. The highest BCUT2D eigenvalue weighted by molar-refractivity contribution is 6.11. The van der Waals surface area contributed by atoms with Crippen LogP contribution in [0.2, 0.25) is 0 Å². The Hall–Kier alpha value is -8.14. The van der Waals surface area contributed by atoms with E-state index in [2.05, 4.69) is 228 Å². The molecule has 0 amide bonds. The molecule has 0 N–H and O–H groups in total. The molecule has 0 aliphatic rings. The molecule has 3 heteroatoms. The summed E-state index contributed by atoms with van der Waals surface area (Å²) in [5.74, 6) is 0. The third kappa shape index (κ3) is 5.98. The Bertz CT molecular complexity index is 3560. The lowest BCUT2D eigenvalue weighted by Gasteiger charge is -2.26. The number of aromatic nitrogens is 1. The molecule has 10 aromatic carbocycles. The normalized spacial score (nSPS) is 11.6. The van der Waals surface area contributed by atoms with Crippen LogP contribution in [0.15, 0.2) is 235 Å². The molecule has 0 bridgehead atoms. The lowest BCUT2D eigenvalue weighted by Crippen LogP contribution is -2.09. The van der Waals surface area contributed by atoms with E-state index in [0.29, 0.717) is 0 Å². The van der Waals surface area contributed by atoms with Gasteiger partial charge in [-0.1, -0.05) is 152 Å². The van der Waals surface area contributed by atoms with Gasteiger partial charge in [-0.15, -0.1) is 0 Å². The molecule has 0 aliphatic carbocycles. The number of anilines is 3. The fraction of sp³-hybridized carbons (Fsp3) is 0. The van der Waals surface area contributed by atoms with Gasteiger partial charge in [0.1, 0.15) is 11.2 Å². The van der Waals surface area contributed by atoms with Gasteiger partial charge in [0.25, 0.3) is 0 Å². The Morgan fingerprint density at radius 3 is 1.61 bits per heavy atom. The van der Waals surface area contributed by atoms with Gasteiger partial charge >= 0.3 is 0 Å². The second kappa shape index (κ2) is 14.3. The fourth-order valence-electron chi connectivity index (χ4n) is 9.19. The van der Waals surface area contributed by atoms with Crippen molar-refractivity contribution in [1.29, 1.82) is 0 Å². The Kier molecular flexibility index (Phi) is 8.17. The molecule has 12 aromatic rings. The topological polar surface area (TPSA) is 21.3 Å².